The predicted octanol–water partition coefficient (Wildman–Crippen LogP) is 2.58. The molecule has 1 aromatic heterocycles. The monoisotopic (exact) mass is 493 g/mol. The van der Waals surface area contributed by atoms with Gasteiger partial charge in [-0.25, -0.2) is 14.1 Å². The van der Waals surface area contributed by atoms with Gasteiger partial charge in [-0.05, 0) is 36.2 Å². The quantitative estimate of drug-likeness (QED) is 0.423. The van der Waals surface area contributed by atoms with Crippen LogP contribution in [0.5, 0.6) is 0 Å². The highest BCUT2D eigenvalue weighted by Gasteiger charge is 2.34. The van der Waals surface area contributed by atoms with E-state index in [9.17, 15) is 33.5 Å². The van der Waals surface area contributed by atoms with E-state index in [0.29, 0.717) is 5.01 Å². The lowest BCUT2D eigenvalue weighted by molar-refractivity contribution is -0.140. The van der Waals surface area contributed by atoms with Crippen molar-refractivity contribution in [2.45, 2.75) is 25.3 Å². The molecule has 0 fully saturated rings. The number of pyridine rings is 1. The van der Waals surface area contributed by atoms with E-state index in [4.69, 9.17) is 0 Å². The number of nitrogens with zero attached hydrogens (tertiary/aromatic N) is 2. The van der Waals surface area contributed by atoms with Crippen LogP contribution in [0.1, 0.15) is 28.8 Å². The van der Waals surface area contributed by atoms with Gasteiger partial charge in [-0.1, -0.05) is 48.5 Å². The van der Waals surface area contributed by atoms with E-state index < -0.39 is 48.3 Å². The number of benzene rings is 2. The second-order valence-corrected chi connectivity index (χ2v) is 7.83. The molecule has 0 radical (unpaired) electrons. The summed E-state index contributed by atoms with van der Waals surface area (Å²) < 4.78 is 14.1. The third-order valence-electron chi connectivity index (χ3n) is 5.34. The van der Waals surface area contributed by atoms with Crippen LogP contribution in [0.15, 0.2) is 83.8 Å². The molecule has 3 aromatic rings. The molecule has 0 saturated carbocycles. The van der Waals surface area contributed by atoms with Crippen LogP contribution < -0.4 is 15.9 Å². The summed E-state index contributed by atoms with van der Waals surface area (Å²) >= 11 is 0. The number of ketones is 1. The molecule has 3 rings (SSSR count). The summed E-state index contributed by atoms with van der Waals surface area (Å²) in [4.78, 5) is 62.9. The Morgan fingerprint density at radius 2 is 1.58 bits per heavy atom. The molecule has 0 aliphatic carbocycles. The standard InChI is InChI=1S/C26H24FN3O6/c27-17-22(31)21(16-24(33)34)30(23(32)14-13-18-8-3-1-4-9-18)29-15-7-12-20(26(29)36)28-25(35)19-10-5-2-6-11-19/h1-12,15,21H,13-14,16-17H2,(H,28,35)(H,33,34)/t21-/m1/s1. The summed E-state index contributed by atoms with van der Waals surface area (Å²) in [6.07, 6.45) is 0.292. The maximum atomic E-state index is 13.4. The molecular formula is C26H24FN3O6. The van der Waals surface area contributed by atoms with Crippen LogP contribution in [-0.2, 0) is 20.8 Å². The third kappa shape index (κ3) is 6.50. The van der Waals surface area contributed by atoms with Gasteiger partial charge in [0.1, 0.15) is 18.4 Å². The summed E-state index contributed by atoms with van der Waals surface area (Å²) in [7, 11) is 0. The van der Waals surface area contributed by atoms with Gasteiger partial charge in [0.2, 0.25) is 5.91 Å². The molecule has 0 aliphatic rings. The fourth-order valence-corrected chi connectivity index (χ4v) is 3.58. The average Bonchev–Trinajstić information content (AvgIpc) is 2.89. The Balaban J connectivity index is 1.99. The number of carboxylic acids is 1. The van der Waals surface area contributed by atoms with Gasteiger partial charge in [-0.15, -0.1) is 0 Å². The Morgan fingerprint density at radius 3 is 2.19 bits per heavy atom. The number of carbonyl (C=O) groups is 4. The minimum atomic E-state index is -1.77. The molecule has 1 heterocycles. The Labute approximate surface area is 205 Å². The molecule has 9 nitrogen and oxygen atoms in total. The second kappa shape index (κ2) is 12.2. The van der Waals surface area contributed by atoms with Gasteiger partial charge in [-0.3, -0.25) is 24.0 Å². The van der Waals surface area contributed by atoms with Crippen molar-refractivity contribution in [3.05, 3.63) is 100 Å². The maximum Gasteiger partial charge on any atom is 0.305 e. The van der Waals surface area contributed by atoms with Gasteiger partial charge >= 0.3 is 5.97 Å². The molecule has 186 valence electrons. The van der Waals surface area contributed by atoms with Gasteiger partial charge in [-0.2, -0.15) is 0 Å². The zero-order valence-electron chi connectivity index (χ0n) is 19.2. The van der Waals surface area contributed by atoms with E-state index in [1.165, 1.54) is 12.1 Å². The van der Waals surface area contributed by atoms with E-state index in [-0.39, 0.29) is 24.1 Å². The molecule has 0 aliphatic heterocycles. The lowest BCUT2D eigenvalue weighted by Crippen LogP contribution is -2.56. The van der Waals surface area contributed by atoms with E-state index in [0.717, 1.165) is 16.4 Å². The highest BCUT2D eigenvalue weighted by molar-refractivity contribution is 6.04. The lowest BCUT2D eigenvalue weighted by Gasteiger charge is -2.31. The molecule has 1 atom stereocenters. The number of anilines is 1. The zero-order valence-corrected chi connectivity index (χ0v) is 19.2. The van der Waals surface area contributed by atoms with Crippen molar-refractivity contribution < 1.29 is 28.7 Å². The normalized spacial score (nSPS) is 11.4. The van der Waals surface area contributed by atoms with E-state index in [2.05, 4.69) is 5.32 Å². The number of rotatable bonds is 11. The molecule has 2 amide bonds. The van der Waals surface area contributed by atoms with Crippen molar-refractivity contribution in [3.8, 4) is 0 Å². The maximum absolute atomic E-state index is 13.4. The summed E-state index contributed by atoms with van der Waals surface area (Å²) in [6, 6.07) is 17.9. The topological polar surface area (TPSA) is 126 Å². The van der Waals surface area contributed by atoms with Crippen LogP contribution in [0.3, 0.4) is 0 Å². The van der Waals surface area contributed by atoms with E-state index in [1.54, 1.807) is 60.7 Å². The summed E-state index contributed by atoms with van der Waals surface area (Å²) in [5.41, 5.74) is -0.0287. The minimum Gasteiger partial charge on any atom is -0.481 e. The molecule has 0 bridgehead atoms. The number of aliphatic carboxylic acids is 1. The molecular weight excluding hydrogens is 469 g/mol. The SMILES string of the molecule is O=C(O)C[C@H](C(=O)CF)N(C(=O)CCc1ccccc1)n1cccc(NC(=O)c2ccccc2)c1=O. The number of hydrogen-bond donors (Lipinski definition) is 2. The minimum absolute atomic E-state index is 0.188. The Hall–Kier alpha value is -4.60. The number of carboxylic acid groups (broad SMARTS) is 1. The molecule has 0 spiro atoms. The van der Waals surface area contributed by atoms with Gasteiger partial charge in [0.15, 0.2) is 5.78 Å². The van der Waals surface area contributed by atoms with Crippen molar-refractivity contribution in [1.29, 1.82) is 0 Å². The van der Waals surface area contributed by atoms with Gasteiger partial charge < -0.3 is 10.4 Å². The second-order valence-electron chi connectivity index (χ2n) is 7.83. The molecule has 36 heavy (non-hydrogen) atoms. The van der Waals surface area contributed by atoms with Crippen LogP contribution in [0.25, 0.3) is 0 Å². The van der Waals surface area contributed by atoms with Crippen molar-refractivity contribution in [2.75, 3.05) is 17.0 Å². The fourth-order valence-electron chi connectivity index (χ4n) is 3.58. The number of halogens is 1. The fraction of sp³-hybridized carbons (Fsp3) is 0.192. The number of aryl methyl sites for hydroxylation is 1. The largest absolute Gasteiger partial charge is 0.481 e. The first-order chi connectivity index (χ1) is 17.3. The first kappa shape index (κ1) is 26.0. The predicted molar refractivity (Wildman–Crippen MR) is 130 cm³/mol. The van der Waals surface area contributed by atoms with Crippen molar-refractivity contribution in [2.24, 2.45) is 0 Å². The van der Waals surface area contributed by atoms with E-state index >= 15 is 0 Å². The van der Waals surface area contributed by atoms with Crippen LogP contribution in [0.2, 0.25) is 0 Å². The summed E-state index contributed by atoms with van der Waals surface area (Å²) in [6.45, 7) is -1.53. The Morgan fingerprint density at radius 1 is 0.944 bits per heavy atom. The van der Waals surface area contributed by atoms with E-state index in [1.807, 2.05) is 0 Å². The number of alkyl halides is 1. The average molecular weight is 493 g/mol. The van der Waals surface area contributed by atoms with Gasteiger partial charge in [0.25, 0.3) is 11.5 Å². The third-order valence-corrected chi connectivity index (χ3v) is 5.34. The lowest BCUT2D eigenvalue weighted by atomic mass is 10.1. The van der Waals surface area contributed by atoms with Crippen LogP contribution >= 0.6 is 0 Å². The van der Waals surface area contributed by atoms with Crippen LogP contribution in [0, 0.1) is 0 Å². The molecule has 0 saturated heterocycles. The number of aromatic nitrogens is 1. The number of Topliss-reactive ketones (excluding diaryl/α,β-unsaturated/α-hetero) is 1. The van der Waals surface area contributed by atoms with Crippen molar-refractivity contribution in [3.63, 3.8) is 0 Å². The summed E-state index contributed by atoms with van der Waals surface area (Å²) in [5.74, 6) is -3.98. The molecule has 2 N–H and O–H groups in total. The van der Waals surface area contributed by atoms with Crippen LogP contribution in [-0.4, -0.2) is 46.1 Å². The zero-order chi connectivity index (χ0) is 26.1. The summed E-state index contributed by atoms with van der Waals surface area (Å²) in [5, 5.41) is 12.4. The Bertz CT molecular complexity index is 1290. The molecule has 10 heteroatoms. The van der Waals surface area contributed by atoms with Gasteiger partial charge in [0.05, 0.1) is 6.42 Å². The number of amides is 2. The Kier molecular flexibility index (Phi) is 8.82. The highest BCUT2D eigenvalue weighted by atomic mass is 19.1. The first-order valence-corrected chi connectivity index (χ1v) is 11.1. The number of nitrogens with one attached hydrogen (secondary N) is 1. The first-order valence-electron chi connectivity index (χ1n) is 11.1. The smallest absolute Gasteiger partial charge is 0.305 e. The number of hydrogen-bond acceptors (Lipinski definition) is 5. The molecule has 0 unspecified atom stereocenters. The van der Waals surface area contributed by atoms with Gasteiger partial charge in [0, 0.05) is 18.2 Å². The van der Waals surface area contributed by atoms with Crippen molar-refractivity contribution >= 4 is 29.3 Å². The number of carbonyl (C=O) groups excluding carboxylic acids is 3. The molecule has 2 aromatic carbocycles. The van der Waals surface area contributed by atoms with Crippen molar-refractivity contribution in [1.82, 2.24) is 4.68 Å². The van der Waals surface area contributed by atoms with Crippen LogP contribution in [0.4, 0.5) is 10.1 Å². The highest BCUT2D eigenvalue weighted by Crippen LogP contribution is 2.13.